The van der Waals surface area contributed by atoms with Crippen molar-refractivity contribution in [2.75, 3.05) is 5.32 Å². The second kappa shape index (κ2) is 4.65. The Hall–Kier alpha value is -1.51. The molecule has 0 saturated carbocycles. The summed E-state index contributed by atoms with van der Waals surface area (Å²) in [7, 11) is 0. The van der Waals surface area contributed by atoms with E-state index in [1.54, 1.807) is 0 Å². The van der Waals surface area contributed by atoms with Crippen LogP contribution in [0.5, 0.6) is 0 Å². The minimum Gasteiger partial charge on any atom is -0.447 e. The van der Waals surface area contributed by atoms with Gasteiger partial charge in [0.1, 0.15) is 0 Å². The summed E-state index contributed by atoms with van der Waals surface area (Å²) in [6, 6.07) is 7.58. The maximum atomic E-state index is 11.2. The maximum absolute atomic E-state index is 11.2. The van der Waals surface area contributed by atoms with E-state index in [-0.39, 0.29) is 6.10 Å². The van der Waals surface area contributed by atoms with Crippen LogP contribution in [0.25, 0.3) is 0 Å². The van der Waals surface area contributed by atoms with Gasteiger partial charge in [-0.1, -0.05) is 12.1 Å². The molecule has 0 fully saturated rings. The van der Waals surface area contributed by atoms with Crippen LogP contribution in [-0.4, -0.2) is 12.2 Å². The molecule has 0 spiro atoms. The maximum Gasteiger partial charge on any atom is 0.411 e. The van der Waals surface area contributed by atoms with Crippen molar-refractivity contribution < 1.29 is 9.53 Å². The fourth-order valence-corrected chi connectivity index (χ4v) is 1.08. The third-order valence-corrected chi connectivity index (χ3v) is 1.61. The summed E-state index contributed by atoms with van der Waals surface area (Å²) in [4.78, 5) is 11.2. The second-order valence-electron chi connectivity index (χ2n) is 3.45. The zero-order valence-electron chi connectivity index (χ0n) is 8.70. The van der Waals surface area contributed by atoms with Crippen LogP contribution >= 0.6 is 0 Å². The first-order valence-corrected chi connectivity index (χ1v) is 4.62. The van der Waals surface area contributed by atoms with E-state index in [0.717, 1.165) is 11.3 Å². The number of nitrogens with one attached hydrogen (secondary N) is 1. The van der Waals surface area contributed by atoms with E-state index in [9.17, 15) is 4.79 Å². The number of carbonyl (C=O) groups is 1. The lowest BCUT2D eigenvalue weighted by Crippen LogP contribution is -2.17. The molecule has 0 unspecified atom stereocenters. The molecule has 1 aromatic rings. The average molecular weight is 193 g/mol. The summed E-state index contributed by atoms with van der Waals surface area (Å²) in [5.41, 5.74) is 1.86. The van der Waals surface area contributed by atoms with Gasteiger partial charge in [0.25, 0.3) is 0 Å². The Balaban J connectivity index is 2.56. The summed E-state index contributed by atoms with van der Waals surface area (Å²) in [6.45, 7) is 5.60. The van der Waals surface area contributed by atoms with E-state index in [1.165, 1.54) is 0 Å². The summed E-state index contributed by atoms with van der Waals surface area (Å²) < 4.78 is 4.94. The van der Waals surface area contributed by atoms with Gasteiger partial charge in [-0.3, -0.25) is 5.32 Å². The first-order chi connectivity index (χ1) is 6.58. The molecule has 1 aromatic carbocycles. The largest absolute Gasteiger partial charge is 0.447 e. The molecular formula is C11H15NO2. The van der Waals surface area contributed by atoms with Crippen molar-refractivity contribution in [3.05, 3.63) is 29.8 Å². The molecule has 3 heteroatoms. The van der Waals surface area contributed by atoms with Crippen molar-refractivity contribution in [1.82, 2.24) is 0 Å². The highest BCUT2D eigenvalue weighted by Crippen LogP contribution is 2.09. The summed E-state index contributed by atoms with van der Waals surface area (Å²) in [5, 5.41) is 2.65. The lowest BCUT2D eigenvalue weighted by molar-refractivity contribution is 0.130. The van der Waals surface area contributed by atoms with Crippen LogP contribution < -0.4 is 5.32 Å². The Morgan fingerprint density at radius 1 is 1.43 bits per heavy atom. The first kappa shape index (κ1) is 10.6. The van der Waals surface area contributed by atoms with Crippen molar-refractivity contribution >= 4 is 11.8 Å². The van der Waals surface area contributed by atoms with Crippen molar-refractivity contribution in [1.29, 1.82) is 0 Å². The van der Waals surface area contributed by atoms with E-state index in [0.29, 0.717) is 0 Å². The van der Waals surface area contributed by atoms with Gasteiger partial charge in [-0.15, -0.1) is 0 Å². The van der Waals surface area contributed by atoms with E-state index < -0.39 is 6.09 Å². The van der Waals surface area contributed by atoms with Crippen molar-refractivity contribution in [2.45, 2.75) is 26.9 Å². The topological polar surface area (TPSA) is 38.3 Å². The minimum absolute atomic E-state index is 0.0974. The zero-order valence-corrected chi connectivity index (χ0v) is 8.70. The Morgan fingerprint density at radius 3 is 2.71 bits per heavy atom. The third kappa shape index (κ3) is 3.47. The molecule has 0 aliphatic rings. The highest BCUT2D eigenvalue weighted by atomic mass is 16.6. The van der Waals surface area contributed by atoms with E-state index in [4.69, 9.17) is 4.74 Å². The number of amides is 1. The van der Waals surface area contributed by atoms with Crippen molar-refractivity contribution in [2.24, 2.45) is 0 Å². The van der Waals surface area contributed by atoms with Gasteiger partial charge in [0.05, 0.1) is 6.10 Å². The monoisotopic (exact) mass is 193 g/mol. The normalized spacial score (nSPS) is 10.0. The number of hydrogen-bond acceptors (Lipinski definition) is 2. The molecular weight excluding hydrogens is 178 g/mol. The van der Waals surface area contributed by atoms with Crippen molar-refractivity contribution in [3.63, 3.8) is 0 Å². The number of benzene rings is 1. The first-order valence-electron chi connectivity index (χ1n) is 4.62. The molecule has 0 atom stereocenters. The fourth-order valence-electron chi connectivity index (χ4n) is 1.08. The Morgan fingerprint density at radius 2 is 2.14 bits per heavy atom. The number of hydrogen-bond donors (Lipinski definition) is 1. The number of aryl methyl sites for hydroxylation is 1. The Labute approximate surface area is 84.1 Å². The van der Waals surface area contributed by atoms with Gasteiger partial charge in [-0.25, -0.2) is 4.79 Å². The predicted octanol–water partition coefficient (Wildman–Crippen LogP) is 2.95. The summed E-state index contributed by atoms with van der Waals surface area (Å²) >= 11 is 0. The van der Waals surface area contributed by atoms with Crippen LogP contribution in [0.2, 0.25) is 0 Å². The predicted molar refractivity (Wildman–Crippen MR) is 56.4 cm³/mol. The molecule has 0 aromatic heterocycles. The molecule has 0 bridgehead atoms. The summed E-state index contributed by atoms with van der Waals surface area (Å²) in [5.74, 6) is 0. The molecule has 0 aliphatic carbocycles. The van der Waals surface area contributed by atoms with Crippen molar-refractivity contribution in [3.8, 4) is 0 Å². The van der Waals surface area contributed by atoms with Crippen LogP contribution in [-0.2, 0) is 4.74 Å². The van der Waals surface area contributed by atoms with Gasteiger partial charge in [0.15, 0.2) is 0 Å². The minimum atomic E-state index is -0.411. The highest BCUT2D eigenvalue weighted by molar-refractivity contribution is 5.84. The second-order valence-corrected chi connectivity index (χ2v) is 3.45. The molecule has 0 aliphatic heterocycles. The number of ether oxygens (including phenoxy) is 1. The number of anilines is 1. The Kier molecular flexibility index (Phi) is 3.51. The highest BCUT2D eigenvalue weighted by Gasteiger charge is 2.04. The van der Waals surface area contributed by atoms with Gasteiger partial charge in [0, 0.05) is 5.69 Å². The molecule has 14 heavy (non-hydrogen) atoms. The van der Waals surface area contributed by atoms with E-state index in [2.05, 4.69) is 5.32 Å². The van der Waals surface area contributed by atoms with E-state index >= 15 is 0 Å². The van der Waals surface area contributed by atoms with Crippen LogP contribution in [0.1, 0.15) is 19.4 Å². The van der Waals surface area contributed by atoms with Gasteiger partial charge in [-0.05, 0) is 38.5 Å². The lowest BCUT2D eigenvalue weighted by atomic mass is 10.2. The quantitative estimate of drug-likeness (QED) is 0.784. The van der Waals surface area contributed by atoms with Crippen LogP contribution in [0.3, 0.4) is 0 Å². The third-order valence-electron chi connectivity index (χ3n) is 1.61. The van der Waals surface area contributed by atoms with Gasteiger partial charge in [-0.2, -0.15) is 0 Å². The molecule has 76 valence electrons. The molecule has 0 saturated heterocycles. The number of carbonyl (C=O) groups excluding carboxylic acids is 1. The van der Waals surface area contributed by atoms with Gasteiger partial charge >= 0.3 is 6.09 Å². The lowest BCUT2D eigenvalue weighted by Gasteiger charge is -2.09. The van der Waals surface area contributed by atoms with Gasteiger partial charge < -0.3 is 4.74 Å². The zero-order chi connectivity index (χ0) is 10.6. The van der Waals surface area contributed by atoms with Crippen LogP contribution in [0, 0.1) is 6.92 Å². The fraction of sp³-hybridized carbons (Fsp3) is 0.364. The van der Waals surface area contributed by atoms with Crippen LogP contribution in [0.4, 0.5) is 10.5 Å². The summed E-state index contributed by atoms with van der Waals surface area (Å²) in [6.07, 6.45) is -0.509. The smallest absolute Gasteiger partial charge is 0.411 e. The molecule has 1 N–H and O–H groups in total. The number of rotatable bonds is 2. The van der Waals surface area contributed by atoms with E-state index in [1.807, 2.05) is 45.0 Å². The van der Waals surface area contributed by atoms with Gasteiger partial charge in [0.2, 0.25) is 0 Å². The molecule has 1 rings (SSSR count). The molecule has 0 heterocycles. The standard InChI is InChI=1S/C11H15NO2/c1-8(2)14-11(13)12-10-6-4-5-9(3)7-10/h4-8H,1-3H3,(H,12,13). The molecule has 0 radical (unpaired) electrons. The Bertz CT molecular complexity index is 321. The molecule has 1 amide bonds. The van der Waals surface area contributed by atoms with Crippen LogP contribution in [0.15, 0.2) is 24.3 Å². The average Bonchev–Trinajstić information content (AvgIpc) is 2.01. The SMILES string of the molecule is Cc1cccc(NC(=O)OC(C)C)c1. The molecule has 3 nitrogen and oxygen atoms in total.